The SMILES string of the molecule is C=P(Cl)(Cl)N=P(Cl)(Cl)CN=P(C)(N)Cl. The predicted octanol–water partition coefficient (Wildman–Crippen LogP) is 5.98. The van der Waals surface area contributed by atoms with E-state index in [-0.39, 0.29) is 6.29 Å². The fourth-order valence-electron chi connectivity index (χ4n) is 0.419. The molecule has 0 heterocycles. The Bertz CT molecular complexity index is 338. The molecule has 0 fully saturated rings. The molecule has 0 bridgehead atoms. The van der Waals surface area contributed by atoms with Gasteiger partial charge in [-0.15, -0.1) is 0 Å². The third-order valence-electron chi connectivity index (χ3n) is 0.772. The second-order valence-corrected chi connectivity index (χ2v) is 17.8. The Hall–Kier alpha value is 2.17. The summed E-state index contributed by atoms with van der Waals surface area (Å²) in [6.07, 6.45) is 3.49. The zero-order valence-corrected chi connectivity index (χ0v) is 13.6. The molecule has 0 aromatic rings. The van der Waals surface area contributed by atoms with Gasteiger partial charge in [-0.2, -0.15) is 0 Å². The zero-order chi connectivity index (χ0) is 11.6. The summed E-state index contributed by atoms with van der Waals surface area (Å²) >= 11 is 28.7. The molecule has 3 nitrogen and oxygen atoms in total. The van der Waals surface area contributed by atoms with Crippen LogP contribution in [0, 0.1) is 0 Å². The van der Waals surface area contributed by atoms with Crippen molar-refractivity contribution in [3.05, 3.63) is 0 Å². The third kappa shape index (κ3) is 10.7. The molecule has 0 aliphatic carbocycles. The number of halogens is 5. The molecule has 0 rings (SSSR count). The Balaban J connectivity index is 4.86. The molecule has 0 aromatic carbocycles. The molecule has 86 valence electrons. The van der Waals surface area contributed by atoms with Gasteiger partial charge in [0.1, 0.15) is 12.8 Å². The van der Waals surface area contributed by atoms with Gasteiger partial charge in [0.2, 0.25) is 0 Å². The van der Waals surface area contributed by atoms with Crippen molar-refractivity contribution < 1.29 is 0 Å². The molecule has 1 unspecified atom stereocenters. The van der Waals surface area contributed by atoms with E-state index < -0.39 is 18.1 Å². The van der Waals surface area contributed by atoms with Crippen LogP contribution in [0.15, 0.2) is 9.26 Å². The second kappa shape index (κ2) is 5.67. The quantitative estimate of drug-likeness (QED) is 0.620. The molecule has 0 aliphatic rings. The molecular formula is C3H9Cl5N3P3. The summed E-state index contributed by atoms with van der Waals surface area (Å²) in [6.45, 7) is -0.668. The maximum Gasteiger partial charge on any atom is 0.163 e. The molecule has 0 saturated heterocycles. The van der Waals surface area contributed by atoms with Crippen molar-refractivity contribution in [2.45, 2.75) is 0 Å². The molecule has 1 atom stereocenters. The normalized spacial score (nSPS) is 17.4. The molecule has 0 aliphatic heterocycles. The summed E-state index contributed by atoms with van der Waals surface area (Å²) in [4.78, 5) is 0. The second-order valence-electron chi connectivity index (χ2n) is 2.48. The van der Waals surface area contributed by atoms with Gasteiger partial charge in [0.25, 0.3) is 0 Å². The van der Waals surface area contributed by atoms with Gasteiger partial charge >= 0.3 is 0 Å². The largest absolute Gasteiger partial charge is 0.286 e. The van der Waals surface area contributed by atoms with Crippen molar-refractivity contribution in [2.24, 2.45) is 14.8 Å². The highest BCUT2D eigenvalue weighted by molar-refractivity contribution is 8.20. The van der Waals surface area contributed by atoms with Gasteiger partial charge in [0.15, 0.2) is 11.5 Å². The van der Waals surface area contributed by atoms with Gasteiger partial charge in [-0.1, -0.05) is 62.5 Å². The van der Waals surface area contributed by atoms with E-state index in [2.05, 4.69) is 15.6 Å². The van der Waals surface area contributed by atoms with E-state index in [1.165, 1.54) is 0 Å². The van der Waals surface area contributed by atoms with Crippen LogP contribution in [0.3, 0.4) is 0 Å². The van der Waals surface area contributed by atoms with Crippen LogP contribution in [0.4, 0.5) is 0 Å². The summed E-state index contributed by atoms with van der Waals surface area (Å²) in [7, 11) is 0. The number of nitrogens with two attached hydrogens (primary N) is 1. The van der Waals surface area contributed by atoms with Gasteiger partial charge in [0.05, 0.1) is 0 Å². The molecule has 0 saturated carbocycles. The van der Waals surface area contributed by atoms with Gasteiger partial charge in [-0.3, -0.25) is 10.2 Å². The maximum atomic E-state index is 5.87. The molecule has 0 aromatic heterocycles. The van der Waals surface area contributed by atoms with Crippen molar-refractivity contribution in [1.82, 2.24) is 0 Å². The molecule has 11 heteroatoms. The van der Waals surface area contributed by atoms with Crippen molar-refractivity contribution in [1.29, 1.82) is 0 Å². The average Bonchev–Trinajstić information content (AvgIpc) is 1.76. The van der Waals surface area contributed by atoms with E-state index in [0.29, 0.717) is 0 Å². The highest BCUT2D eigenvalue weighted by atomic mass is 35.9. The zero-order valence-electron chi connectivity index (χ0n) is 7.12. The summed E-state index contributed by atoms with van der Waals surface area (Å²) in [5.41, 5.74) is 5.50. The van der Waals surface area contributed by atoms with Crippen LogP contribution in [0.2, 0.25) is 0 Å². The van der Waals surface area contributed by atoms with E-state index in [1.54, 1.807) is 6.66 Å². The standard InChI is InChI=1S/C3H9Cl5N3P3/c1-12(4,5)11-14(7,8)3-10-13(2,6)9/h1,3,9H2,2H3. The van der Waals surface area contributed by atoms with Gasteiger partial charge in [0, 0.05) is 0 Å². The summed E-state index contributed by atoms with van der Waals surface area (Å²) in [5.74, 6) is -5.32. The van der Waals surface area contributed by atoms with Crippen LogP contribution >= 0.6 is 74.3 Å². The molecule has 0 amide bonds. The smallest absolute Gasteiger partial charge is 0.163 e. The lowest BCUT2D eigenvalue weighted by atomic mass is 11.5. The molecule has 14 heavy (non-hydrogen) atoms. The van der Waals surface area contributed by atoms with E-state index >= 15 is 0 Å². The first-order valence-corrected chi connectivity index (χ1v) is 13.7. The molecular weight excluding hydrogens is 348 g/mol. The fourth-order valence-corrected chi connectivity index (χ4v) is 10.5. The predicted molar refractivity (Wildman–Crippen MR) is 77.0 cm³/mol. The van der Waals surface area contributed by atoms with Crippen molar-refractivity contribution in [3.8, 4) is 0 Å². The average molecular weight is 357 g/mol. The lowest BCUT2D eigenvalue weighted by Crippen LogP contribution is -1.84. The highest BCUT2D eigenvalue weighted by Gasteiger charge is 2.16. The van der Waals surface area contributed by atoms with Crippen LogP contribution in [0.1, 0.15) is 0 Å². The Morgan fingerprint density at radius 2 is 1.64 bits per heavy atom. The van der Waals surface area contributed by atoms with Crippen LogP contribution in [0.25, 0.3) is 0 Å². The number of hydrogen-bond acceptors (Lipinski definition) is 2. The van der Waals surface area contributed by atoms with Crippen LogP contribution in [-0.4, -0.2) is 19.3 Å². The number of hydrogen-bond donors (Lipinski definition) is 1. The summed E-state index contributed by atoms with van der Waals surface area (Å²) < 4.78 is 7.76. The van der Waals surface area contributed by atoms with Crippen LogP contribution < -0.4 is 5.50 Å². The van der Waals surface area contributed by atoms with E-state index in [0.717, 1.165) is 0 Å². The van der Waals surface area contributed by atoms with Gasteiger partial charge < -0.3 is 0 Å². The maximum absolute atomic E-state index is 5.87. The van der Waals surface area contributed by atoms with Gasteiger partial charge in [-0.25, -0.2) is 4.52 Å². The summed E-state index contributed by atoms with van der Waals surface area (Å²) in [6, 6.07) is 0. The first kappa shape index (κ1) is 16.2. The first-order chi connectivity index (χ1) is 5.91. The van der Waals surface area contributed by atoms with E-state index in [9.17, 15) is 0 Å². The minimum atomic E-state index is -2.67. The lowest BCUT2D eigenvalue weighted by Gasteiger charge is -2.11. The minimum Gasteiger partial charge on any atom is -0.286 e. The number of rotatable bonds is 3. The first-order valence-electron chi connectivity index (χ1n) is 3.10. The number of nitrogens with zero attached hydrogens (tertiary/aromatic N) is 2. The minimum absolute atomic E-state index is 0.0527. The van der Waals surface area contributed by atoms with E-state index in [4.69, 9.17) is 61.7 Å². The van der Waals surface area contributed by atoms with Crippen molar-refractivity contribution in [2.75, 3.05) is 13.0 Å². The highest BCUT2D eigenvalue weighted by Crippen LogP contribution is 2.72. The molecule has 0 spiro atoms. The summed E-state index contributed by atoms with van der Waals surface area (Å²) in [5, 5.41) is 0. The monoisotopic (exact) mass is 355 g/mol. The van der Waals surface area contributed by atoms with Crippen LogP contribution in [0.5, 0.6) is 0 Å². The Labute approximate surface area is 108 Å². The Morgan fingerprint density at radius 1 is 1.21 bits per heavy atom. The fraction of sp³-hybridized carbons (Fsp3) is 0.667. The van der Waals surface area contributed by atoms with Crippen molar-refractivity contribution in [3.63, 3.8) is 0 Å². The third-order valence-corrected chi connectivity index (χ3v) is 7.66. The Kier molecular flexibility index (Phi) is 6.55. The van der Waals surface area contributed by atoms with Gasteiger partial charge in [-0.05, 0) is 6.66 Å². The Morgan fingerprint density at radius 3 is 1.93 bits per heavy atom. The molecule has 2 N–H and O–H groups in total. The lowest BCUT2D eigenvalue weighted by molar-refractivity contribution is 1.40. The van der Waals surface area contributed by atoms with Crippen LogP contribution in [-0.2, 0) is 0 Å². The van der Waals surface area contributed by atoms with Crippen molar-refractivity contribution >= 4 is 80.6 Å². The van der Waals surface area contributed by atoms with E-state index in [1.807, 2.05) is 0 Å². The molecule has 0 radical (unpaired) electrons. The topological polar surface area (TPSA) is 50.7 Å².